The van der Waals surface area contributed by atoms with Gasteiger partial charge in [0.15, 0.2) is 5.69 Å². The summed E-state index contributed by atoms with van der Waals surface area (Å²) in [7, 11) is 0. The van der Waals surface area contributed by atoms with E-state index in [1.807, 2.05) is 0 Å². The van der Waals surface area contributed by atoms with Crippen molar-refractivity contribution in [1.82, 2.24) is 4.98 Å². The molecule has 0 spiro atoms. The molecule has 0 amide bonds. The number of hydrogen-bond acceptors (Lipinski definition) is 4. The van der Waals surface area contributed by atoms with Gasteiger partial charge in [0.05, 0.1) is 0 Å². The predicted octanol–water partition coefficient (Wildman–Crippen LogP) is 5.91. The number of carbonyl (C=O) groups is 1. The van der Waals surface area contributed by atoms with E-state index >= 15 is 0 Å². The Morgan fingerprint density at radius 1 is 0.774 bits per heavy atom. The lowest BCUT2D eigenvalue weighted by molar-refractivity contribution is -0.275. The standard InChI is InChI=1S/C20H11F6NO4/c21-19(22,23)30-15-7-3-1-5-12(15)11-9-14(17(18(28)29)27-10-11)13-6-2-4-8-16(13)31-20(24,25)26/h1-10H,(H,28,29). The highest BCUT2D eigenvalue weighted by atomic mass is 19.4. The van der Waals surface area contributed by atoms with Crippen molar-refractivity contribution in [3.8, 4) is 33.8 Å². The maximum absolute atomic E-state index is 12.8. The maximum atomic E-state index is 12.8. The Morgan fingerprint density at radius 2 is 1.26 bits per heavy atom. The Morgan fingerprint density at radius 3 is 1.77 bits per heavy atom. The number of rotatable bonds is 5. The predicted molar refractivity (Wildman–Crippen MR) is 95.4 cm³/mol. The first-order valence-corrected chi connectivity index (χ1v) is 8.38. The SMILES string of the molecule is O=C(O)c1ncc(-c2ccccc2OC(F)(F)F)cc1-c1ccccc1OC(F)(F)F. The van der Waals surface area contributed by atoms with E-state index in [-0.39, 0.29) is 22.3 Å². The number of nitrogens with zero attached hydrogens (tertiary/aromatic N) is 1. The van der Waals surface area contributed by atoms with Gasteiger partial charge in [-0.25, -0.2) is 9.78 Å². The molecule has 0 aliphatic carbocycles. The van der Waals surface area contributed by atoms with Crippen molar-refractivity contribution >= 4 is 5.97 Å². The molecule has 0 atom stereocenters. The molecule has 3 aromatic rings. The zero-order valence-corrected chi connectivity index (χ0v) is 15.2. The molecule has 0 saturated heterocycles. The van der Waals surface area contributed by atoms with Crippen LogP contribution in [0.2, 0.25) is 0 Å². The summed E-state index contributed by atoms with van der Waals surface area (Å²) in [6.07, 6.45) is -9.07. The first-order chi connectivity index (χ1) is 14.4. The van der Waals surface area contributed by atoms with Gasteiger partial charge in [-0.15, -0.1) is 26.3 Å². The first kappa shape index (κ1) is 21.9. The van der Waals surface area contributed by atoms with Crippen molar-refractivity contribution in [3.05, 3.63) is 66.5 Å². The van der Waals surface area contributed by atoms with Crippen molar-refractivity contribution in [2.24, 2.45) is 0 Å². The Hall–Kier alpha value is -3.76. The van der Waals surface area contributed by atoms with Crippen LogP contribution in [0, 0.1) is 0 Å². The van der Waals surface area contributed by atoms with E-state index in [9.17, 15) is 36.2 Å². The van der Waals surface area contributed by atoms with Crippen LogP contribution in [-0.2, 0) is 0 Å². The molecule has 1 aromatic heterocycles. The van der Waals surface area contributed by atoms with Gasteiger partial charge in [0.25, 0.3) is 0 Å². The van der Waals surface area contributed by atoms with Gasteiger partial charge in [0, 0.05) is 28.5 Å². The first-order valence-electron chi connectivity index (χ1n) is 8.38. The summed E-state index contributed by atoms with van der Waals surface area (Å²) in [6, 6.07) is 10.8. The third-order valence-corrected chi connectivity index (χ3v) is 3.92. The molecular weight excluding hydrogens is 432 g/mol. The summed E-state index contributed by atoms with van der Waals surface area (Å²) in [5, 5.41) is 9.42. The van der Waals surface area contributed by atoms with Crippen molar-refractivity contribution in [2.45, 2.75) is 12.7 Å². The Bertz CT molecular complexity index is 1110. The summed E-state index contributed by atoms with van der Waals surface area (Å²) in [6.45, 7) is 0. The van der Waals surface area contributed by atoms with Crippen LogP contribution in [0.3, 0.4) is 0 Å². The Labute approximate surface area is 170 Å². The number of benzene rings is 2. The molecule has 0 radical (unpaired) electrons. The number of ether oxygens (including phenoxy) is 2. The average Bonchev–Trinajstić information content (AvgIpc) is 2.66. The fourth-order valence-electron chi connectivity index (χ4n) is 2.81. The molecule has 5 nitrogen and oxygen atoms in total. The summed E-state index contributed by atoms with van der Waals surface area (Å²) >= 11 is 0. The second kappa shape index (κ2) is 8.17. The zero-order valence-electron chi connectivity index (χ0n) is 15.2. The minimum absolute atomic E-state index is 0.0124. The lowest BCUT2D eigenvalue weighted by Gasteiger charge is -2.16. The van der Waals surface area contributed by atoms with Crippen LogP contribution >= 0.6 is 0 Å². The molecule has 2 aromatic carbocycles. The summed E-state index contributed by atoms with van der Waals surface area (Å²) in [5.41, 5.74) is -1.27. The molecule has 1 N–H and O–H groups in total. The zero-order chi connectivity index (χ0) is 22.8. The molecule has 0 unspecified atom stereocenters. The largest absolute Gasteiger partial charge is 0.573 e. The normalized spacial score (nSPS) is 11.8. The van der Waals surface area contributed by atoms with Gasteiger partial charge in [0.1, 0.15) is 11.5 Å². The third kappa shape index (κ3) is 5.44. The minimum atomic E-state index is -5.06. The van der Waals surface area contributed by atoms with E-state index in [0.717, 1.165) is 24.4 Å². The number of aromatic carboxylic acids is 1. The number of para-hydroxylation sites is 2. The van der Waals surface area contributed by atoms with E-state index in [1.165, 1.54) is 36.4 Å². The molecule has 1 heterocycles. The molecule has 3 rings (SSSR count). The lowest BCUT2D eigenvalue weighted by Crippen LogP contribution is -2.18. The van der Waals surface area contributed by atoms with E-state index < -0.39 is 35.9 Å². The van der Waals surface area contributed by atoms with Crippen molar-refractivity contribution in [1.29, 1.82) is 0 Å². The number of alkyl halides is 6. The van der Waals surface area contributed by atoms with Crippen LogP contribution in [-0.4, -0.2) is 28.8 Å². The van der Waals surface area contributed by atoms with Crippen LogP contribution < -0.4 is 9.47 Å². The monoisotopic (exact) mass is 443 g/mol. The van der Waals surface area contributed by atoms with E-state index in [4.69, 9.17) is 0 Å². The van der Waals surface area contributed by atoms with Crippen LogP contribution in [0.5, 0.6) is 11.5 Å². The molecule has 0 saturated carbocycles. The van der Waals surface area contributed by atoms with Crippen molar-refractivity contribution < 1.29 is 45.7 Å². The van der Waals surface area contributed by atoms with Crippen molar-refractivity contribution in [2.75, 3.05) is 0 Å². The van der Waals surface area contributed by atoms with Gasteiger partial charge in [-0.3, -0.25) is 0 Å². The smallest absolute Gasteiger partial charge is 0.476 e. The molecule has 31 heavy (non-hydrogen) atoms. The van der Waals surface area contributed by atoms with Gasteiger partial charge >= 0.3 is 18.7 Å². The molecule has 11 heteroatoms. The van der Waals surface area contributed by atoms with E-state index in [1.54, 1.807) is 0 Å². The lowest BCUT2D eigenvalue weighted by atomic mass is 9.98. The van der Waals surface area contributed by atoms with Gasteiger partial charge < -0.3 is 14.6 Å². The van der Waals surface area contributed by atoms with Crippen LogP contribution in [0.25, 0.3) is 22.3 Å². The fourth-order valence-corrected chi connectivity index (χ4v) is 2.81. The van der Waals surface area contributed by atoms with Crippen LogP contribution in [0.1, 0.15) is 10.5 Å². The number of halogens is 6. The highest BCUT2D eigenvalue weighted by Gasteiger charge is 2.34. The highest BCUT2D eigenvalue weighted by Crippen LogP contribution is 2.39. The second-order valence-corrected chi connectivity index (χ2v) is 6.01. The molecular formula is C20H11F6NO4. The average molecular weight is 443 g/mol. The van der Waals surface area contributed by atoms with Gasteiger partial charge in [0.2, 0.25) is 0 Å². The second-order valence-electron chi connectivity index (χ2n) is 6.01. The summed E-state index contributed by atoms with van der Waals surface area (Å²) in [4.78, 5) is 15.3. The number of carboxylic acid groups (broad SMARTS) is 1. The molecule has 0 bridgehead atoms. The number of aromatic nitrogens is 1. The molecule has 0 fully saturated rings. The molecule has 0 aliphatic rings. The maximum Gasteiger partial charge on any atom is 0.573 e. The van der Waals surface area contributed by atoms with E-state index in [0.29, 0.717) is 0 Å². The number of hydrogen-bond donors (Lipinski definition) is 1. The quantitative estimate of drug-likeness (QED) is 0.497. The third-order valence-electron chi connectivity index (χ3n) is 3.92. The minimum Gasteiger partial charge on any atom is -0.476 e. The van der Waals surface area contributed by atoms with Crippen molar-refractivity contribution in [3.63, 3.8) is 0 Å². The fraction of sp³-hybridized carbons (Fsp3) is 0.100. The van der Waals surface area contributed by atoms with Crippen LogP contribution in [0.4, 0.5) is 26.3 Å². The number of pyridine rings is 1. The summed E-state index contributed by atoms with van der Waals surface area (Å²) in [5.74, 6) is -2.84. The Balaban J connectivity index is 2.20. The van der Waals surface area contributed by atoms with Gasteiger partial charge in [-0.05, 0) is 18.2 Å². The Kier molecular flexibility index (Phi) is 5.78. The topological polar surface area (TPSA) is 68.7 Å². The summed E-state index contributed by atoms with van der Waals surface area (Å²) < 4.78 is 84.4. The molecule has 0 aliphatic heterocycles. The number of carboxylic acids is 1. The molecule has 162 valence electrons. The van der Waals surface area contributed by atoms with Gasteiger partial charge in [-0.1, -0.05) is 36.4 Å². The van der Waals surface area contributed by atoms with E-state index in [2.05, 4.69) is 14.5 Å². The highest BCUT2D eigenvalue weighted by molar-refractivity contribution is 5.96. The van der Waals surface area contributed by atoms with Gasteiger partial charge in [-0.2, -0.15) is 0 Å². The van der Waals surface area contributed by atoms with Crippen LogP contribution in [0.15, 0.2) is 60.8 Å².